The number of nitriles is 1. The summed E-state index contributed by atoms with van der Waals surface area (Å²) in [4.78, 5) is 25.1. The summed E-state index contributed by atoms with van der Waals surface area (Å²) in [5.41, 5.74) is 0.465. The molecule has 0 radical (unpaired) electrons. The van der Waals surface area contributed by atoms with Crippen LogP contribution in [0.5, 0.6) is 0 Å². The predicted molar refractivity (Wildman–Crippen MR) is 77.5 cm³/mol. The van der Waals surface area contributed by atoms with Gasteiger partial charge in [0.2, 0.25) is 0 Å². The second-order valence-corrected chi connectivity index (χ2v) is 4.42. The third kappa shape index (κ3) is 3.18. The van der Waals surface area contributed by atoms with E-state index < -0.39 is 5.97 Å². The molecule has 5 nitrogen and oxygen atoms in total. The fourth-order valence-corrected chi connectivity index (χ4v) is 2.09. The highest BCUT2D eigenvalue weighted by molar-refractivity contribution is 6.07. The Hall–Kier alpha value is -2.87. The maximum atomic E-state index is 12.6. The molecule has 0 aliphatic rings. The van der Waals surface area contributed by atoms with Gasteiger partial charge in [0.1, 0.15) is 13.1 Å². The van der Waals surface area contributed by atoms with Gasteiger partial charge in [-0.25, -0.2) is 0 Å². The van der Waals surface area contributed by atoms with E-state index in [1.54, 1.807) is 12.1 Å². The van der Waals surface area contributed by atoms with E-state index in [0.29, 0.717) is 5.56 Å². The van der Waals surface area contributed by atoms with Crippen LogP contribution in [0.3, 0.4) is 0 Å². The van der Waals surface area contributed by atoms with E-state index in [1.165, 1.54) is 12.0 Å². The fourth-order valence-electron chi connectivity index (χ4n) is 2.09. The molecule has 1 amide bonds. The van der Waals surface area contributed by atoms with Crippen molar-refractivity contribution < 1.29 is 14.3 Å². The Bertz CT molecular complexity index is 714. The van der Waals surface area contributed by atoms with Crippen LogP contribution >= 0.6 is 0 Å². The lowest BCUT2D eigenvalue weighted by Crippen LogP contribution is -2.36. The number of carbonyl (C=O) groups excluding carboxylic acids is 2. The summed E-state index contributed by atoms with van der Waals surface area (Å²) in [5, 5.41) is 10.6. The van der Waals surface area contributed by atoms with Gasteiger partial charge in [0, 0.05) is 5.56 Å². The van der Waals surface area contributed by atoms with Gasteiger partial charge in [-0.15, -0.1) is 0 Å². The number of methoxy groups -OCH3 is 1. The summed E-state index contributed by atoms with van der Waals surface area (Å²) in [6, 6.07) is 14.7. The van der Waals surface area contributed by atoms with Gasteiger partial charge in [0.25, 0.3) is 5.91 Å². The number of ether oxygens (including phenoxy) is 1. The Balaban J connectivity index is 2.39. The lowest BCUT2D eigenvalue weighted by molar-refractivity contribution is -0.141. The van der Waals surface area contributed by atoms with E-state index in [4.69, 9.17) is 5.26 Å². The van der Waals surface area contributed by atoms with Gasteiger partial charge in [-0.05, 0) is 16.8 Å². The van der Waals surface area contributed by atoms with Gasteiger partial charge in [0.05, 0.1) is 13.2 Å². The van der Waals surface area contributed by atoms with Crippen LogP contribution in [-0.2, 0) is 9.53 Å². The highest BCUT2D eigenvalue weighted by Gasteiger charge is 2.20. The maximum Gasteiger partial charge on any atom is 0.325 e. The SMILES string of the molecule is COC(=O)CN(CC#N)C(=O)c1cccc2ccccc12. The minimum atomic E-state index is -0.557. The highest BCUT2D eigenvalue weighted by atomic mass is 16.5. The van der Waals surface area contributed by atoms with E-state index in [2.05, 4.69) is 4.74 Å². The van der Waals surface area contributed by atoms with Gasteiger partial charge >= 0.3 is 5.97 Å². The Morgan fingerprint density at radius 3 is 2.62 bits per heavy atom. The molecule has 0 bridgehead atoms. The van der Waals surface area contributed by atoms with Crippen molar-refractivity contribution in [3.8, 4) is 6.07 Å². The molecule has 0 spiro atoms. The molecule has 0 N–H and O–H groups in total. The summed E-state index contributed by atoms with van der Waals surface area (Å²) in [5.74, 6) is -0.919. The first-order valence-corrected chi connectivity index (χ1v) is 6.38. The number of esters is 1. The summed E-state index contributed by atoms with van der Waals surface area (Å²) in [7, 11) is 1.25. The van der Waals surface area contributed by atoms with Crippen molar-refractivity contribution in [2.45, 2.75) is 0 Å². The Kier molecular flexibility index (Phi) is 4.52. The van der Waals surface area contributed by atoms with Crippen molar-refractivity contribution in [1.29, 1.82) is 5.26 Å². The molecule has 2 rings (SSSR count). The van der Waals surface area contributed by atoms with Gasteiger partial charge in [-0.2, -0.15) is 5.26 Å². The van der Waals surface area contributed by atoms with E-state index in [-0.39, 0.29) is 19.0 Å². The molecule has 0 aromatic heterocycles. The standard InChI is InChI=1S/C16H14N2O3/c1-21-15(19)11-18(10-9-17)16(20)14-8-4-6-12-5-2-3-7-13(12)14/h2-8H,10-11H2,1H3. The summed E-state index contributed by atoms with van der Waals surface area (Å²) < 4.78 is 4.56. The third-order valence-electron chi connectivity index (χ3n) is 3.12. The number of hydrogen-bond acceptors (Lipinski definition) is 4. The van der Waals surface area contributed by atoms with Crippen molar-refractivity contribution in [1.82, 2.24) is 4.90 Å². The van der Waals surface area contributed by atoms with Gasteiger partial charge in [0.15, 0.2) is 0 Å². The molecule has 0 heterocycles. The molecule has 2 aromatic carbocycles. The zero-order valence-corrected chi connectivity index (χ0v) is 11.6. The van der Waals surface area contributed by atoms with Crippen LogP contribution in [-0.4, -0.2) is 37.0 Å². The lowest BCUT2D eigenvalue weighted by atomic mass is 10.0. The zero-order valence-electron chi connectivity index (χ0n) is 11.6. The van der Waals surface area contributed by atoms with Crippen LogP contribution < -0.4 is 0 Å². The summed E-state index contributed by atoms with van der Waals surface area (Å²) >= 11 is 0. The van der Waals surface area contributed by atoms with Crippen LogP contribution in [0.2, 0.25) is 0 Å². The molecule has 0 aliphatic carbocycles. The molecule has 0 fully saturated rings. The van der Waals surface area contributed by atoms with Crippen molar-refractivity contribution in [2.24, 2.45) is 0 Å². The first-order chi connectivity index (χ1) is 10.2. The van der Waals surface area contributed by atoms with Crippen molar-refractivity contribution in [3.63, 3.8) is 0 Å². The molecule has 21 heavy (non-hydrogen) atoms. The number of carbonyl (C=O) groups is 2. The molecule has 0 unspecified atom stereocenters. The average molecular weight is 282 g/mol. The molecule has 0 saturated heterocycles. The Morgan fingerprint density at radius 1 is 1.19 bits per heavy atom. The molecule has 2 aromatic rings. The van der Waals surface area contributed by atoms with Crippen LogP contribution in [0.4, 0.5) is 0 Å². The number of fused-ring (bicyclic) bond motifs is 1. The van der Waals surface area contributed by atoms with Crippen molar-refractivity contribution >= 4 is 22.6 Å². The quantitative estimate of drug-likeness (QED) is 0.635. The van der Waals surface area contributed by atoms with E-state index in [1.807, 2.05) is 36.4 Å². The molecule has 0 atom stereocenters. The number of benzene rings is 2. The Labute approximate surface area is 122 Å². The van der Waals surface area contributed by atoms with Gasteiger partial charge in [-0.1, -0.05) is 36.4 Å². The third-order valence-corrected chi connectivity index (χ3v) is 3.12. The first kappa shape index (κ1) is 14.5. The lowest BCUT2D eigenvalue weighted by Gasteiger charge is -2.19. The highest BCUT2D eigenvalue weighted by Crippen LogP contribution is 2.20. The summed E-state index contributed by atoms with van der Waals surface area (Å²) in [6.07, 6.45) is 0. The average Bonchev–Trinajstić information content (AvgIpc) is 2.53. The number of nitrogens with zero attached hydrogens (tertiary/aromatic N) is 2. The van der Waals surface area contributed by atoms with Crippen LogP contribution in [0.1, 0.15) is 10.4 Å². The van der Waals surface area contributed by atoms with E-state index in [9.17, 15) is 9.59 Å². The second kappa shape index (κ2) is 6.53. The van der Waals surface area contributed by atoms with Crippen molar-refractivity contribution in [2.75, 3.05) is 20.2 Å². The Morgan fingerprint density at radius 2 is 1.90 bits per heavy atom. The van der Waals surface area contributed by atoms with Crippen LogP contribution in [0.25, 0.3) is 10.8 Å². The van der Waals surface area contributed by atoms with Crippen LogP contribution in [0.15, 0.2) is 42.5 Å². The molecule has 106 valence electrons. The van der Waals surface area contributed by atoms with E-state index >= 15 is 0 Å². The largest absolute Gasteiger partial charge is 0.468 e. The molecule has 5 heteroatoms. The second-order valence-electron chi connectivity index (χ2n) is 4.42. The smallest absolute Gasteiger partial charge is 0.325 e. The van der Waals surface area contributed by atoms with Gasteiger partial charge in [-0.3, -0.25) is 9.59 Å². The number of amides is 1. The summed E-state index contributed by atoms with van der Waals surface area (Å²) in [6.45, 7) is -0.413. The van der Waals surface area contributed by atoms with Gasteiger partial charge < -0.3 is 9.64 Å². The first-order valence-electron chi connectivity index (χ1n) is 6.38. The monoisotopic (exact) mass is 282 g/mol. The van der Waals surface area contributed by atoms with Crippen molar-refractivity contribution in [3.05, 3.63) is 48.0 Å². The fraction of sp³-hybridized carbons (Fsp3) is 0.188. The molecule has 0 aliphatic heterocycles. The van der Waals surface area contributed by atoms with Crippen LogP contribution in [0, 0.1) is 11.3 Å². The molecular formula is C16H14N2O3. The minimum absolute atomic E-state index is 0.169. The molecular weight excluding hydrogens is 268 g/mol. The topological polar surface area (TPSA) is 70.4 Å². The van der Waals surface area contributed by atoms with E-state index in [0.717, 1.165) is 10.8 Å². The zero-order chi connectivity index (χ0) is 15.2. The normalized spacial score (nSPS) is 9.90. The minimum Gasteiger partial charge on any atom is -0.468 e. The maximum absolute atomic E-state index is 12.6. The predicted octanol–water partition coefficient (Wildman–Crippen LogP) is 1.98. The molecule has 0 saturated carbocycles. The number of rotatable bonds is 4. The number of hydrogen-bond donors (Lipinski definition) is 0.